The maximum Gasteiger partial charge on any atom is 0.326 e. The molecular weight excluding hydrogens is 697 g/mol. The van der Waals surface area contributed by atoms with Gasteiger partial charge in [-0.1, -0.05) is 145 Å². The summed E-state index contributed by atoms with van der Waals surface area (Å²) < 4.78 is 6.04. The first-order valence-electron chi connectivity index (χ1n) is 23.1. The molecule has 4 N–H and O–H groups in total. The topological polar surface area (TPSA) is 119 Å². The number of ether oxygens (including phenoxy) is 1. The fourth-order valence-electron chi connectivity index (χ4n) is 6.61. The molecule has 0 saturated carbocycles. The molecule has 0 bridgehead atoms. The van der Waals surface area contributed by atoms with E-state index in [1.165, 1.54) is 70.6 Å². The molecule has 0 saturated heterocycles. The number of rotatable bonds is 41. The van der Waals surface area contributed by atoms with Crippen LogP contribution in [-0.2, 0) is 19.1 Å². The molecule has 2 atom stereocenters. The van der Waals surface area contributed by atoms with Gasteiger partial charge in [-0.3, -0.25) is 9.59 Å². The number of hydrogen-bond acceptors (Lipinski definition) is 5. The van der Waals surface area contributed by atoms with Gasteiger partial charge in [0.2, 0.25) is 5.91 Å². The van der Waals surface area contributed by atoms with Crippen LogP contribution in [0.25, 0.3) is 0 Å². The van der Waals surface area contributed by atoms with Crippen molar-refractivity contribution in [2.24, 2.45) is 5.73 Å². The molecular formula is C49H86N2O5. The number of carbonyl (C=O) groups is 3. The molecule has 0 aromatic carbocycles. The van der Waals surface area contributed by atoms with Crippen LogP contribution < -0.4 is 11.1 Å². The third-order valence-corrected chi connectivity index (χ3v) is 10.1. The Morgan fingerprint density at radius 2 is 0.982 bits per heavy atom. The minimum Gasteiger partial charge on any atom is -0.480 e. The second-order valence-corrected chi connectivity index (χ2v) is 15.4. The van der Waals surface area contributed by atoms with Gasteiger partial charge in [-0.05, 0) is 122 Å². The molecule has 0 heterocycles. The van der Waals surface area contributed by atoms with E-state index < -0.39 is 12.0 Å². The molecule has 0 spiro atoms. The first-order chi connectivity index (χ1) is 27.4. The second kappa shape index (κ2) is 43.2. The first kappa shape index (κ1) is 53.1. The molecule has 7 nitrogen and oxygen atoms in total. The molecule has 0 aliphatic rings. The largest absolute Gasteiger partial charge is 0.480 e. The lowest BCUT2D eigenvalue weighted by Gasteiger charge is -2.18. The SMILES string of the molecule is CC/C=C\C/C=C\C/C=C\C/C=C\CCCCC(CCCCCCCC(=O)NC(CCCN)C(=O)O)OC(=O)CCCCCCC/C=C\CCCCCCCC. The van der Waals surface area contributed by atoms with E-state index in [1.807, 2.05) is 0 Å². The third-order valence-electron chi connectivity index (χ3n) is 10.1. The van der Waals surface area contributed by atoms with Gasteiger partial charge in [0.05, 0.1) is 0 Å². The molecule has 2 unspecified atom stereocenters. The molecule has 0 aromatic heterocycles. The van der Waals surface area contributed by atoms with Crippen LogP contribution in [0.1, 0.15) is 213 Å². The normalized spacial score (nSPS) is 13.2. The number of amides is 1. The fraction of sp³-hybridized carbons (Fsp3) is 0.735. The molecule has 0 rings (SSSR count). The van der Waals surface area contributed by atoms with Crippen molar-refractivity contribution in [3.8, 4) is 0 Å². The summed E-state index contributed by atoms with van der Waals surface area (Å²) in [7, 11) is 0. The number of carboxylic acid groups (broad SMARTS) is 1. The van der Waals surface area contributed by atoms with Gasteiger partial charge >= 0.3 is 11.9 Å². The number of unbranched alkanes of at least 4 members (excludes halogenated alkanes) is 17. The number of carbonyl (C=O) groups excluding carboxylic acids is 2. The first-order valence-corrected chi connectivity index (χ1v) is 23.1. The number of nitrogens with two attached hydrogens (primary N) is 1. The van der Waals surface area contributed by atoms with E-state index in [-0.39, 0.29) is 18.0 Å². The Hall–Kier alpha value is -2.93. The van der Waals surface area contributed by atoms with Crippen molar-refractivity contribution >= 4 is 17.8 Å². The van der Waals surface area contributed by atoms with Gasteiger partial charge in [0.15, 0.2) is 0 Å². The van der Waals surface area contributed by atoms with Crippen LogP contribution in [0.5, 0.6) is 0 Å². The molecule has 7 heteroatoms. The Balaban J connectivity index is 4.44. The van der Waals surface area contributed by atoms with Crippen molar-refractivity contribution in [2.75, 3.05) is 6.54 Å². The maximum atomic E-state index is 12.8. The van der Waals surface area contributed by atoms with Crippen molar-refractivity contribution in [3.63, 3.8) is 0 Å². The number of aliphatic carboxylic acids is 1. The summed E-state index contributed by atoms with van der Waals surface area (Å²) in [6, 6.07) is -0.864. The highest BCUT2D eigenvalue weighted by atomic mass is 16.5. The predicted molar refractivity (Wildman–Crippen MR) is 239 cm³/mol. The van der Waals surface area contributed by atoms with Crippen molar-refractivity contribution in [1.82, 2.24) is 5.32 Å². The minimum atomic E-state index is -1.01. The zero-order valence-corrected chi connectivity index (χ0v) is 36.2. The Kier molecular flexibility index (Phi) is 40.9. The lowest BCUT2D eigenvalue weighted by Crippen LogP contribution is -2.40. The zero-order chi connectivity index (χ0) is 41.0. The number of nitrogens with one attached hydrogen (secondary N) is 1. The molecule has 0 aliphatic heterocycles. The fourth-order valence-corrected chi connectivity index (χ4v) is 6.61. The quantitative estimate of drug-likeness (QED) is 0.0323. The Labute approximate surface area is 344 Å². The van der Waals surface area contributed by atoms with Gasteiger partial charge in [0, 0.05) is 12.8 Å². The van der Waals surface area contributed by atoms with Crippen LogP contribution >= 0.6 is 0 Å². The Bertz CT molecular complexity index is 1060. The molecule has 56 heavy (non-hydrogen) atoms. The summed E-state index contributed by atoms with van der Waals surface area (Å²) in [6.07, 6.45) is 54.1. The molecule has 0 aromatic rings. The Morgan fingerprint density at radius 3 is 1.54 bits per heavy atom. The number of esters is 1. The zero-order valence-electron chi connectivity index (χ0n) is 36.2. The van der Waals surface area contributed by atoms with E-state index >= 15 is 0 Å². The maximum absolute atomic E-state index is 12.8. The predicted octanol–water partition coefficient (Wildman–Crippen LogP) is 13.3. The van der Waals surface area contributed by atoms with Crippen LogP contribution in [0.2, 0.25) is 0 Å². The smallest absolute Gasteiger partial charge is 0.326 e. The van der Waals surface area contributed by atoms with Gasteiger partial charge in [0.1, 0.15) is 12.1 Å². The van der Waals surface area contributed by atoms with Crippen LogP contribution in [0.15, 0.2) is 60.8 Å². The van der Waals surface area contributed by atoms with Crippen molar-refractivity contribution in [1.29, 1.82) is 0 Å². The van der Waals surface area contributed by atoms with Gasteiger partial charge < -0.3 is 20.9 Å². The summed E-state index contributed by atoms with van der Waals surface area (Å²) in [5.74, 6) is -1.27. The van der Waals surface area contributed by atoms with E-state index in [4.69, 9.17) is 10.5 Å². The van der Waals surface area contributed by atoms with E-state index in [9.17, 15) is 19.5 Å². The van der Waals surface area contributed by atoms with Crippen LogP contribution in [0, 0.1) is 0 Å². The van der Waals surface area contributed by atoms with E-state index in [0.29, 0.717) is 32.2 Å². The van der Waals surface area contributed by atoms with Crippen LogP contribution in [-0.4, -0.2) is 41.6 Å². The summed E-state index contributed by atoms with van der Waals surface area (Å²) in [5, 5.41) is 11.9. The second-order valence-electron chi connectivity index (χ2n) is 15.4. The van der Waals surface area contributed by atoms with E-state index in [2.05, 4.69) is 79.9 Å². The van der Waals surface area contributed by atoms with Gasteiger partial charge in [-0.2, -0.15) is 0 Å². The lowest BCUT2D eigenvalue weighted by molar-refractivity contribution is -0.150. The highest BCUT2D eigenvalue weighted by molar-refractivity contribution is 5.83. The van der Waals surface area contributed by atoms with Gasteiger partial charge in [-0.15, -0.1) is 0 Å². The number of carboxylic acids is 1. The van der Waals surface area contributed by atoms with Gasteiger partial charge in [-0.25, -0.2) is 4.79 Å². The molecule has 0 fully saturated rings. The van der Waals surface area contributed by atoms with Crippen LogP contribution in [0.4, 0.5) is 0 Å². The average Bonchev–Trinajstić information content (AvgIpc) is 3.18. The standard InChI is InChI=1S/C49H86N2O5/c1-3-5-7-9-11-13-15-17-19-21-23-25-27-30-34-39-45(40-35-31-29-32-36-42-47(52)51-46(49(54)55)41-38-44-50)56-48(53)43-37-33-28-26-24-22-20-18-16-14-12-10-8-6-4-2/h5,7,11,13,17-20,23,25,45-46H,3-4,6,8-10,12,14-16,21-22,24,26-44,50H2,1-2H3,(H,51,52)(H,54,55)/b7-5-,13-11-,19-17-,20-18-,25-23-. The van der Waals surface area contributed by atoms with Crippen molar-refractivity contribution in [3.05, 3.63) is 60.8 Å². The summed E-state index contributed by atoms with van der Waals surface area (Å²) in [5.41, 5.74) is 5.49. The minimum absolute atomic E-state index is 0.0321. The Morgan fingerprint density at radius 1 is 0.536 bits per heavy atom. The summed E-state index contributed by atoms with van der Waals surface area (Å²) >= 11 is 0. The number of hydrogen-bond donors (Lipinski definition) is 3. The van der Waals surface area contributed by atoms with Gasteiger partial charge in [0.25, 0.3) is 0 Å². The number of allylic oxidation sites excluding steroid dienone is 10. The monoisotopic (exact) mass is 783 g/mol. The highest BCUT2D eigenvalue weighted by Gasteiger charge is 2.19. The third kappa shape index (κ3) is 39.3. The van der Waals surface area contributed by atoms with E-state index in [0.717, 1.165) is 103 Å². The lowest BCUT2D eigenvalue weighted by atomic mass is 10.0. The summed E-state index contributed by atoms with van der Waals surface area (Å²) in [4.78, 5) is 36.4. The van der Waals surface area contributed by atoms with Crippen molar-refractivity contribution < 1.29 is 24.2 Å². The van der Waals surface area contributed by atoms with Crippen molar-refractivity contribution in [2.45, 2.75) is 225 Å². The van der Waals surface area contributed by atoms with E-state index in [1.54, 1.807) is 0 Å². The molecule has 322 valence electrons. The molecule has 0 radical (unpaired) electrons. The summed E-state index contributed by atoms with van der Waals surface area (Å²) in [6.45, 7) is 4.83. The van der Waals surface area contributed by atoms with Crippen LogP contribution in [0.3, 0.4) is 0 Å². The highest BCUT2D eigenvalue weighted by Crippen LogP contribution is 2.18. The average molecular weight is 783 g/mol. The molecule has 0 aliphatic carbocycles. The molecule has 1 amide bonds.